The Morgan fingerprint density at radius 2 is 1.79 bits per heavy atom. The molecule has 1 fully saturated rings. The van der Waals surface area contributed by atoms with Gasteiger partial charge in [-0.1, -0.05) is 32.9 Å². The fourth-order valence-electron chi connectivity index (χ4n) is 1.92. The Hall–Kier alpha value is -0.870. The van der Waals surface area contributed by atoms with E-state index in [1.165, 1.54) is 5.56 Å². The van der Waals surface area contributed by atoms with Gasteiger partial charge in [-0.2, -0.15) is 0 Å². The quantitative estimate of drug-likeness (QED) is 0.871. The lowest BCUT2D eigenvalue weighted by Gasteiger charge is -2.23. The lowest BCUT2D eigenvalue weighted by atomic mass is 9.82. The van der Waals surface area contributed by atoms with Crippen molar-refractivity contribution in [2.24, 2.45) is 5.92 Å². The molecule has 0 radical (unpaired) electrons. The van der Waals surface area contributed by atoms with E-state index in [4.69, 9.17) is 0 Å². The standard InChI is InChI=1S/C15H23NO2S/c1-4-15(2,3)13-7-9-14(10-8-13)19(17,18)16-11-12-5-6-12/h7-10,12,16H,4-6,11H2,1-3H3. The van der Waals surface area contributed by atoms with Crippen molar-refractivity contribution < 1.29 is 8.42 Å². The highest BCUT2D eigenvalue weighted by atomic mass is 32.2. The molecule has 0 saturated heterocycles. The minimum atomic E-state index is -3.33. The number of benzene rings is 1. The molecule has 0 amide bonds. The summed E-state index contributed by atoms with van der Waals surface area (Å²) >= 11 is 0. The Morgan fingerprint density at radius 3 is 2.26 bits per heavy atom. The number of hydrogen-bond donors (Lipinski definition) is 1. The molecule has 19 heavy (non-hydrogen) atoms. The van der Waals surface area contributed by atoms with Gasteiger partial charge in [-0.15, -0.1) is 0 Å². The van der Waals surface area contributed by atoms with Gasteiger partial charge in [0.05, 0.1) is 4.90 Å². The van der Waals surface area contributed by atoms with Crippen LogP contribution in [-0.2, 0) is 15.4 Å². The Bertz CT molecular complexity index is 528. The van der Waals surface area contributed by atoms with E-state index in [1.54, 1.807) is 12.1 Å². The minimum Gasteiger partial charge on any atom is -0.211 e. The predicted octanol–water partition coefficient (Wildman–Crippen LogP) is 3.06. The summed E-state index contributed by atoms with van der Waals surface area (Å²) in [4.78, 5) is 0.365. The summed E-state index contributed by atoms with van der Waals surface area (Å²) in [5.41, 5.74) is 1.26. The zero-order valence-electron chi connectivity index (χ0n) is 11.9. The van der Waals surface area contributed by atoms with Crippen LogP contribution in [-0.4, -0.2) is 15.0 Å². The van der Waals surface area contributed by atoms with Crippen LogP contribution in [0, 0.1) is 5.92 Å². The molecule has 1 aliphatic carbocycles. The van der Waals surface area contributed by atoms with E-state index in [0.29, 0.717) is 17.4 Å². The Balaban J connectivity index is 2.12. The Morgan fingerprint density at radius 1 is 1.21 bits per heavy atom. The van der Waals surface area contributed by atoms with Gasteiger partial charge < -0.3 is 0 Å². The van der Waals surface area contributed by atoms with E-state index in [9.17, 15) is 8.42 Å². The summed E-state index contributed by atoms with van der Waals surface area (Å²) in [6, 6.07) is 7.27. The highest BCUT2D eigenvalue weighted by molar-refractivity contribution is 7.89. The Labute approximate surface area is 116 Å². The molecule has 4 heteroatoms. The van der Waals surface area contributed by atoms with E-state index in [1.807, 2.05) is 12.1 Å². The van der Waals surface area contributed by atoms with Gasteiger partial charge in [0.25, 0.3) is 0 Å². The maximum Gasteiger partial charge on any atom is 0.240 e. The normalized spacial score (nSPS) is 16.6. The van der Waals surface area contributed by atoms with Gasteiger partial charge in [0, 0.05) is 6.54 Å². The van der Waals surface area contributed by atoms with E-state index < -0.39 is 10.0 Å². The molecular formula is C15H23NO2S. The summed E-state index contributed by atoms with van der Waals surface area (Å²) in [7, 11) is -3.33. The Kier molecular flexibility index (Phi) is 4.02. The molecule has 1 aliphatic rings. The van der Waals surface area contributed by atoms with Crippen LogP contribution in [0.3, 0.4) is 0 Å². The molecule has 1 aromatic carbocycles. The number of nitrogens with one attached hydrogen (secondary N) is 1. The van der Waals surface area contributed by atoms with Crippen molar-refractivity contribution in [1.29, 1.82) is 0 Å². The molecule has 0 spiro atoms. The summed E-state index contributed by atoms with van der Waals surface area (Å²) in [6.45, 7) is 7.05. The molecule has 1 aromatic rings. The number of rotatable bonds is 6. The minimum absolute atomic E-state index is 0.0870. The molecule has 0 aromatic heterocycles. The van der Waals surface area contributed by atoms with Crippen LogP contribution in [0.2, 0.25) is 0 Å². The number of hydrogen-bond acceptors (Lipinski definition) is 2. The summed E-state index contributed by atoms with van der Waals surface area (Å²) in [5.74, 6) is 0.549. The van der Waals surface area contributed by atoms with Crippen molar-refractivity contribution in [2.45, 2.75) is 50.3 Å². The highest BCUT2D eigenvalue weighted by Gasteiger charge is 2.24. The van der Waals surface area contributed by atoms with E-state index in [-0.39, 0.29) is 5.41 Å². The first-order valence-corrected chi connectivity index (χ1v) is 8.44. The summed E-state index contributed by atoms with van der Waals surface area (Å²) in [5, 5.41) is 0. The largest absolute Gasteiger partial charge is 0.240 e. The lowest BCUT2D eigenvalue weighted by Crippen LogP contribution is -2.26. The molecular weight excluding hydrogens is 258 g/mol. The van der Waals surface area contributed by atoms with Crippen molar-refractivity contribution in [1.82, 2.24) is 4.72 Å². The van der Waals surface area contributed by atoms with Gasteiger partial charge in [-0.3, -0.25) is 0 Å². The predicted molar refractivity (Wildman–Crippen MR) is 77.7 cm³/mol. The van der Waals surface area contributed by atoms with Crippen molar-refractivity contribution in [3.05, 3.63) is 29.8 Å². The van der Waals surface area contributed by atoms with Crippen molar-refractivity contribution >= 4 is 10.0 Å². The fraction of sp³-hybridized carbons (Fsp3) is 0.600. The van der Waals surface area contributed by atoms with Crippen LogP contribution in [0.5, 0.6) is 0 Å². The second-order valence-corrected chi connectivity index (χ2v) is 7.82. The van der Waals surface area contributed by atoms with Crippen LogP contribution in [0.15, 0.2) is 29.2 Å². The van der Waals surface area contributed by atoms with Crippen LogP contribution >= 0.6 is 0 Å². The SMILES string of the molecule is CCC(C)(C)c1ccc(S(=O)(=O)NCC2CC2)cc1. The molecule has 2 rings (SSSR count). The molecule has 0 unspecified atom stereocenters. The fourth-order valence-corrected chi connectivity index (χ4v) is 3.04. The first-order chi connectivity index (χ1) is 8.85. The van der Waals surface area contributed by atoms with Gasteiger partial charge in [0.2, 0.25) is 10.0 Å². The van der Waals surface area contributed by atoms with Gasteiger partial charge in [-0.05, 0) is 48.3 Å². The van der Waals surface area contributed by atoms with E-state index in [2.05, 4.69) is 25.5 Å². The average Bonchev–Trinajstić information content (AvgIpc) is 3.21. The number of sulfonamides is 1. The van der Waals surface area contributed by atoms with Crippen molar-refractivity contribution in [3.8, 4) is 0 Å². The van der Waals surface area contributed by atoms with Gasteiger partial charge in [-0.25, -0.2) is 13.1 Å². The van der Waals surface area contributed by atoms with Crippen LogP contribution in [0.1, 0.15) is 45.6 Å². The maximum absolute atomic E-state index is 12.1. The molecule has 106 valence electrons. The summed E-state index contributed by atoms with van der Waals surface area (Å²) in [6.07, 6.45) is 3.32. The topological polar surface area (TPSA) is 46.2 Å². The van der Waals surface area contributed by atoms with Crippen LogP contribution in [0.25, 0.3) is 0 Å². The lowest BCUT2D eigenvalue weighted by molar-refractivity contribution is 0.505. The third-order valence-electron chi connectivity index (χ3n) is 4.09. The maximum atomic E-state index is 12.1. The molecule has 0 aliphatic heterocycles. The molecule has 3 nitrogen and oxygen atoms in total. The zero-order valence-corrected chi connectivity index (χ0v) is 12.8. The van der Waals surface area contributed by atoms with Crippen molar-refractivity contribution in [3.63, 3.8) is 0 Å². The molecule has 1 N–H and O–H groups in total. The zero-order chi connectivity index (χ0) is 14.1. The van der Waals surface area contributed by atoms with Crippen LogP contribution in [0.4, 0.5) is 0 Å². The molecule has 0 bridgehead atoms. The van der Waals surface area contributed by atoms with E-state index >= 15 is 0 Å². The average molecular weight is 281 g/mol. The van der Waals surface area contributed by atoms with Crippen molar-refractivity contribution in [2.75, 3.05) is 6.54 Å². The molecule has 0 atom stereocenters. The molecule has 0 heterocycles. The monoisotopic (exact) mass is 281 g/mol. The third kappa shape index (κ3) is 3.57. The highest BCUT2D eigenvalue weighted by Crippen LogP contribution is 2.29. The third-order valence-corrected chi connectivity index (χ3v) is 5.53. The second kappa shape index (κ2) is 5.25. The van der Waals surface area contributed by atoms with E-state index in [0.717, 1.165) is 19.3 Å². The first-order valence-electron chi connectivity index (χ1n) is 6.95. The van der Waals surface area contributed by atoms with Gasteiger partial charge >= 0.3 is 0 Å². The first kappa shape index (κ1) is 14.5. The second-order valence-electron chi connectivity index (χ2n) is 6.06. The van der Waals surface area contributed by atoms with Crippen LogP contribution < -0.4 is 4.72 Å². The molecule has 1 saturated carbocycles. The smallest absolute Gasteiger partial charge is 0.211 e. The van der Waals surface area contributed by atoms with Gasteiger partial charge in [0.15, 0.2) is 0 Å². The van der Waals surface area contributed by atoms with Gasteiger partial charge in [0.1, 0.15) is 0 Å². The summed E-state index contributed by atoms with van der Waals surface area (Å²) < 4.78 is 26.8.